The van der Waals surface area contributed by atoms with Gasteiger partial charge in [0.2, 0.25) is 11.2 Å². The van der Waals surface area contributed by atoms with Gasteiger partial charge in [0.1, 0.15) is 10.6 Å². The fourth-order valence-corrected chi connectivity index (χ4v) is 5.43. The van der Waals surface area contributed by atoms with Crippen LogP contribution in [0.25, 0.3) is 32.7 Å². The van der Waals surface area contributed by atoms with E-state index in [4.69, 9.17) is 38.1 Å². The Balaban J connectivity index is 1.48. The zero-order chi connectivity index (χ0) is 27.7. The summed E-state index contributed by atoms with van der Waals surface area (Å²) in [6, 6.07) is 21.0. The van der Waals surface area contributed by atoms with E-state index in [0.717, 1.165) is 16.0 Å². The zero-order valence-electron chi connectivity index (χ0n) is 20.4. The molecule has 5 aromatic rings. The molecule has 0 bridgehead atoms. The Labute approximate surface area is 236 Å². The van der Waals surface area contributed by atoms with E-state index in [1.807, 2.05) is 30.3 Å². The van der Waals surface area contributed by atoms with Crippen LogP contribution >= 0.6 is 34.5 Å². The van der Waals surface area contributed by atoms with Gasteiger partial charge in [-0.05, 0) is 48.4 Å². The summed E-state index contributed by atoms with van der Waals surface area (Å²) < 4.78 is 11.8. The number of nitrogens with one attached hydrogen (secondary N) is 1. The highest BCUT2D eigenvalue weighted by molar-refractivity contribution is 7.20. The molecule has 7 nitrogen and oxygen atoms in total. The minimum Gasteiger partial charge on any atom is -0.476 e. The maximum Gasteiger partial charge on any atom is 0.262 e. The molecule has 0 spiro atoms. The molecule has 0 aliphatic rings. The molecule has 0 atom stereocenters. The molecule has 3 N–H and O–H groups in total. The largest absolute Gasteiger partial charge is 0.476 e. The van der Waals surface area contributed by atoms with Gasteiger partial charge in [-0.3, -0.25) is 14.4 Å². The van der Waals surface area contributed by atoms with Crippen LogP contribution in [0.15, 0.2) is 82.0 Å². The molecule has 0 fully saturated rings. The van der Waals surface area contributed by atoms with Crippen LogP contribution in [-0.2, 0) is 4.79 Å². The van der Waals surface area contributed by atoms with E-state index in [-0.39, 0.29) is 27.5 Å². The van der Waals surface area contributed by atoms with Crippen LogP contribution in [-0.4, -0.2) is 18.4 Å². The lowest BCUT2D eigenvalue weighted by atomic mass is 10.1. The number of primary amides is 1. The topological polar surface area (TPSA) is 112 Å². The van der Waals surface area contributed by atoms with E-state index < -0.39 is 23.9 Å². The number of aryl methyl sites for hydroxylation is 1. The minimum absolute atomic E-state index is 0.0768. The van der Waals surface area contributed by atoms with Crippen molar-refractivity contribution in [2.75, 3.05) is 11.9 Å². The predicted octanol–water partition coefficient (Wildman–Crippen LogP) is 6.92. The van der Waals surface area contributed by atoms with Crippen molar-refractivity contribution in [3.05, 3.63) is 104 Å². The fraction of sp³-hybridized carbons (Fsp3) is 0.0690. The molecule has 196 valence electrons. The quantitative estimate of drug-likeness (QED) is 0.217. The van der Waals surface area contributed by atoms with Crippen LogP contribution in [0.2, 0.25) is 10.0 Å². The van der Waals surface area contributed by atoms with Crippen molar-refractivity contribution < 1.29 is 18.7 Å². The molecule has 39 heavy (non-hydrogen) atoms. The third-order valence-corrected chi connectivity index (χ3v) is 7.74. The number of carbonyl (C=O) groups excluding carboxylic acids is 2. The lowest BCUT2D eigenvalue weighted by Crippen LogP contribution is -2.23. The van der Waals surface area contributed by atoms with Crippen molar-refractivity contribution in [1.82, 2.24) is 0 Å². The predicted molar refractivity (Wildman–Crippen MR) is 155 cm³/mol. The monoisotopic (exact) mass is 578 g/mol. The lowest BCUT2D eigenvalue weighted by Gasteiger charge is -2.13. The van der Waals surface area contributed by atoms with Gasteiger partial charge in [0.05, 0.1) is 16.0 Å². The number of hydrogen-bond acceptors (Lipinski definition) is 6. The van der Waals surface area contributed by atoms with Crippen molar-refractivity contribution in [3.8, 4) is 27.5 Å². The molecule has 0 unspecified atom stereocenters. The molecule has 2 aromatic heterocycles. The molecule has 5 rings (SSSR count). The molecule has 0 saturated heterocycles. The number of rotatable bonds is 7. The molecule has 2 heterocycles. The molecule has 2 amide bonds. The van der Waals surface area contributed by atoms with E-state index in [1.54, 1.807) is 43.3 Å². The third kappa shape index (κ3) is 5.40. The molecular formula is C29H20Cl2N2O5S. The number of nitrogens with two attached hydrogens (primary N) is 1. The Hall–Kier alpha value is -4.11. The number of halogens is 2. The molecule has 0 radical (unpaired) electrons. The number of benzene rings is 3. The van der Waals surface area contributed by atoms with Gasteiger partial charge >= 0.3 is 0 Å². The number of thiophene rings is 1. The number of carbonyl (C=O) groups is 2. The standard InChI is InChI=1S/C29H20Cl2N2O5S/c1-15-11-22-18(12-21(15)31)25(35)27(26(38-22)17-9-5-6-10-20(17)30)37-14-24(34)33-29-19(28(32)36)13-23(39-29)16-7-3-2-4-8-16/h2-13H,14H2,1H3,(H2,32,36)(H,33,34). The molecule has 0 saturated carbocycles. The van der Waals surface area contributed by atoms with Crippen molar-refractivity contribution in [1.29, 1.82) is 0 Å². The first-order chi connectivity index (χ1) is 18.7. The molecule has 3 aromatic carbocycles. The minimum atomic E-state index is -0.687. The Morgan fingerprint density at radius 2 is 1.72 bits per heavy atom. The average molecular weight is 579 g/mol. The maximum absolute atomic E-state index is 13.5. The Morgan fingerprint density at radius 3 is 2.44 bits per heavy atom. The van der Waals surface area contributed by atoms with E-state index >= 15 is 0 Å². The van der Waals surface area contributed by atoms with Crippen LogP contribution in [0.1, 0.15) is 15.9 Å². The van der Waals surface area contributed by atoms with Gasteiger partial charge in [-0.15, -0.1) is 11.3 Å². The third-order valence-electron chi connectivity index (χ3n) is 5.90. The number of ether oxygens (including phenoxy) is 1. The van der Waals surface area contributed by atoms with Crippen LogP contribution in [0, 0.1) is 6.92 Å². The zero-order valence-corrected chi connectivity index (χ0v) is 22.7. The van der Waals surface area contributed by atoms with Crippen LogP contribution in [0.4, 0.5) is 5.00 Å². The smallest absolute Gasteiger partial charge is 0.262 e. The second kappa shape index (κ2) is 10.9. The first-order valence-corrected chi connectivity index (χ1v) is 13.2. The SMILES string of the molecule is Cc1cc2oc(-c3ccccc3Cl)c(OCC(=O)Nc3sc(-c4ccccc4)cc3C(N)=O)c(=O)c2cc1Cl. The number of hydrogen-bond donors (Lipinski definition) is 2. The number of anilines is 1. The normalized spacial score (nSPS) is 10.9. The Bertz CT molecular complexity index is 1800. The maximum atomic E-state index is 13.5. The first-order valence-electron chi connectivity index (χ1n) is 11.7. The fourth-order valence-electron chi connectivity index (χ4n) is 3.96. The molecule has 10 heteroatoms. The Kier molecular flexibility index (Phi) is 7.43. The van der Waals surface area contributed by atoms with Crippen molar-refractivity contribution in [2.45, 2.75) is 6.92 Å². The van der Waals surface area contributed by atoms with Gasteiger partial charge < -0.3 is 20.2 Å². The van der Waals surface area contributed by atoms with Crippen molar-refractivity contribution in [3.63, 3.8) is 0 Å². The molecule has 0 aliphatic carbocycles. The molecular weight excluding hydrogens is 559 g/mol. The van der Waals surface area contributed by atoms with Crippen LogP contribution < -0.4 is 21.2 Å². The van der Waals surface area contributed by atoms with Gasteiger partial charge in [0.25, 0.3) is 11.8 Å². The summed E-state index contributed by atoms with van der Waals surface area (Å²) in [5, 5.41) is 3.85. The first kappa shape index (κ1) is 26.5. The number of fused-ring (bicyclic) bond motifs is 1. The second-order valence-electron chi connectivity index (χ2n) is 8.59. The van der Waals surface area contributed by atoms with Gasteiger partial charge in [-0.1, -0.05) is 65.7 Å². The van der Waals surface area contributed by atoms with Crippen molar-refractivity contribution in [2.24, 2.45) is 5.73 Å². The average Bonchev–Trinajstić information content (AvgIpc) is 3.34. The summed E-state index contributed by atoms with van der Waals surface area (Å²) in [7, 11) is 0. The van der Waals surface area contributed by atoms with Crippen LogP contribution in [0.5, 0.6) is 5.75 Å². The Morgan fingerprint density at radius 1 is 1.00 bits per heavy atom. The van der Waals surface area contributed by atoms with Crippen molar-refractivity contribution >= 4 is 62.3 Å². The lowest BCUT2D eigenvalue weighted by molar-refractivity contribution is -0.118. The van der Waals surface area contributed by atoms with Gasteiger partial charge in [-0.25, -0.2) is 0 Å². The summed E-state index contributed by atoms with van der Waals surface area (Å²) in [5.41, 5.74) is 7.51. The van der Waals surface area contributed by atoms with Gasteiger partial charge in [0.15, 0.2) is 12.4 Å². The van der Waals surface area contributed by atoms with Gasteiger partial charge in [0, 0.05) is 15.5 Å². The van der Waals surface area contributed by atoms with Crippen LogP contribution in [0.3, 0.4) is 0 Å². The highest BCUT2D eigenvalue weighted by Crippen LogP contribution is 2.37. The molecule has 0 aliphatic heterocycles. The summed E-state index contributed by atoms with van der Waals surface area (Å²) >= 11 is 13.9. The van der Waals surface area contributed by atoms with E-state index in [0.29, 0.717) is 21.2 Å². The number of amides is 2. The summed E-state index contributed by atoms with van der Waals surface area (Å²) in [6.45, 7) is 1.24. The highest BCUT2D eigenvalue weighted by Gasteiger charge is 2.22. The second-order valence-corrected chi connectivity index (χ2v) is 10.5. The van der Waals surface area contributed by atoms with E-state index in [9.17, 15) is 14.4 Å². The van der Waals surface area contributed by atoms with Gasteiger partial charge in [-0.2, -0.15) is 0 Å². The van der Waals surface area contributed by atoms with E-state index in [1.165, 1.54) is 17.4 Å². The summed E-state index contributed by atoms with van der Waals surface area (Å²) in [6.07, 6.45) is 0. The highest BCUT2D eigenvalue weighted by atomic mass is 35.5. The summed E-state index contributed by atoms with van der Waals surface area (Å²) in [5.74, 6) is -1.41. The summed E-state index contributed by atoms with van der Waals surface area (Å²) in [4.78, 5) is 39.2. The van der Waals surface area contributed by atoms with E-state index in [2.05, 4.69) is 5.32 Å².